The minimum absolute atomic E-state index is 0.0449. The maximum absolute atomic E-state index is 10.9. The lowest BCUT2D eigenvalue weighted by atomic mass is 9.99. The van der Waals surface area contributed by atoms with Gasteiger partial charge in [-0.1, -0.05) is 161 Å². The first-order chi connectivity index (χ1) is 17.0. The molecular weight excluding hydrogens is 456 g/mol. The lowest BCUT2D eigenvalue weighted by Crippen LogP contribution is -2.12. The fraction of sp³-hybridized carbons (Fsp3) is 0.933. The Labute approximate surface area is 220 Å². The van der Waals surface area contributed by atoms with Gasteiger partial charge in [-0.15, -0.1) is 0 Å². The fourth-order valence-electron chi connectivity index (χ4n) is 4.69. The molecule has 0 bridgehead atoms. The highest BCUT2D eigenvalue weighted by atomic mass is 32.3. The Bertz CT molecular complexity index is 545. The lowest BCUT2D eigenvalue weighted by molar-refractivity contribution is 0.234. The molecule has 0 saturated carbocycles. The molecule has 1 unspecified atom stereocenters. The molecule has 0 aromatic carbocycles. The van der Waals surface area contributed by atoms with Crippen LogP contribution in [0.2, 0.25) is 0 Å². The van der Waals surface area contributed by atoms with Gasteiger partial charge >= 0.3 is 10.4 Å². The topological polar surface area (TPSA) is 63.6 Å². The van der Waals surface area contributed by atoms with Gasteiger partial charge < -0.3 is 0 Å². The van der Waals surface area contributed by atoms with Crippen LogP contribution >= 0.6 is 0 Å². The largest absolute Gasteiger partial charge is 0.397 e. The van der Waals surface area contributed by atoms with Gasteiger partial charge in [-0.25, -0.2) is 4.18 Å². The first kappa shape index (κ1) is 34.6. The van der Waals surface area contributed by atoms with Crippen molar-refractivity contribution >= 4 is 10.4 Å². The van der Waals surface area contributed by atoms with E-state index in [1.165, 1.54) is 135 Å². The highest BCUT2D eigenvalue weighted by molar-refractivity contribution is 7.80. The molecule has 0 rings (SSSR count). The van der Waals surface area contributed by atoms with E-state index < -0.39 is 10.4 Å². The van der Waals surface area contributed by atoms with Crippen molar-refractivity contribution in [1.82, 2.24) is 0 Å². The number of allylic oxidation sites excluding steroid dienone is 1. The summed E-state index contributed by atoms with van der Waals surface area (Å²) in [6, 6.07) is 0. The zero-order valence-electron chi connectivity index (χ0n) is 23.5. The molecule has 0 fully saturated rings. The molecule has 1 N–H and O–H groups in total. The molecule has 5 heteroatoms. The molecule has 0 heterocycles. The van der Waals surface area contributed by atoms with Crippen molar-refractivity contribution < 1.29 is 17.2 Å². The molecule has 0 aromatic heterocycles. The molecule has 210 valence electrons. The number of hydrogen-bond donors (Lipinski definition) is 1. The Balaban J connectivity index is 3.66. The molecule has 0 amide bonds. The van der Waals surface area contributed by atoms with Crippen LogP contribution in [0.4, 0.5) is 0 Å². The monoisotopic (exact) mass is 516 g/mol. The van der Waals surface area contributed by atoms with Crippen LogP contribution in [0, 0.1) is 5.92 Å². The number of hydrogen-bond acceptors (Lipinski definition) is 3. The van der Waals surface area contributed by atoms with Gasteiger partial charge in [0.2, 0.25) is 0 Å². The number of unbranched alkanes of at least 4 members (excludes halogenated alkanes) is 21. The fourth-order valence-corrected chi connectivity index (χ4v) is 5.04. The Hall–Kier alpha value is -0.390. The van der Waals surface area contributed by atoms with Crippen LogP contribution in [-0.2, 0) is 14.6 Å². The summed E-state index contributed by atoms with van der Waals surface area (Å²) in [4.78, 5) is 0. The van der Waals surface area contributed by atoms with Crippen LogP contribution in [0.1, 0.15) is 168 Å². The first-order valence-corrected chi connectivity index (χ1v) is 16.6. The standard InChI is InChI=1S/C30H60O4S/c1-3-5-7-9-11-12-13-14-15-16-17-18-19-20-21-22-24-26-28-30(29-34-35(31,32)33)27-25-23-10-8-6-4-2/h26,28,30H,3-25,27,29H2,1-2H3,(H,31,32,33)/b28-26+. The van der Waals surface area contributed by atoms with Gasteiger partial charge in [-0.05, 0) is 19.3 Å². The van der Waals surface area contributed by atoms with E-state index in [1.807, 2.05) is 0 Å². The smallest absolute Gasteiger partial charge is 0.264 e. The molecule has 1 atom stereocenters. The van der Waals surface area contributed by atoms with Crippen molar-refractivity contribution in [3.05, 3.63) is 12.2 Å². The van der Waals surface area contributed by atoms with Gasteiger partial charge in [-0.2, -0.15) is 8.42 Å². The summed E-state index contributed by atoms with van der Waals surface area (Å²) >= 11 is 0. The van der Waals surface area contributed by atoms with E-state index in [2.05, 4.69) is 30.2 Å². The van der Waals surface area contributed by atoms with Crippen LogP contribution < -0.4 is 0 Å². The van der Waals surface area contributed by atoms with E-state index in [0.717, 1.165) is 19.3 Å². The Morgan fingerprint density at radius 2 is 0.971 bits per heavy atom. The second-order valence-electron chi connectivity index (χ2n) is 10.5. The van der Waals surface area contributed by atoms with Gasteiger partial charge in [0.25, 0.3) is 0 Å². The van der Waals surface area contributed by atoms with E-state index in [1.54, 1.807) is 0 Å². The van der Waals surface area contributed by atoms with Crippen LogP contribution in [-0.4, -0.2) is 19.6 Å². The third-order valence-electron chi connectivity index (χ3n) is 6.99. The van der Waals surface area contributed by atoms with Crippen LogP contribution in [0.25, 0.3) is 0 Å². The van der Waals surface area contributed by atoms with E-state index in [0.29, 0.717) is 0 Å². The van der Waals surface area contributed by atoms with E-state index in [9.17, 15) is 8.42 Å². The molecule has 0 aliphatic carbocycles. The van der Waals surface area contributed by atoms with E-state index >= 15 is 0 Å². The predicted molar refractivity (Wildman–Crippen MR) is 152 cm³/mol. The quantitative estimate of drug-likeness (QED) is 0.0638. The highest BCUT2D eigenvalue weighted by Gasteiger charge is 2.11. The molecule has 0 saturated heterocycles. The Kier molecular flexibility index (Phi) is 26.4. The SMILES string of the molecule is CCCCCCCCCCCCCCCCCC/C=C/C(CCCCCCCC)COS(=O)(=O)O. The van der Waals surface area contributed by atoms with Crippen molar-refractivity contribution in [3.63, 3.8) is 0 Å². The van der Waals surface area contributed by atoms with Crippen LogP contribution in [0.3, 0.4) is 0 Å². The van der Waals surface area contributed by atoms with Crippen molar-refractivity contribution in [2.75, 3.05) is 6.61 Å². The molecule has 0 aromatic rings. The van der Waals surface area contributed by atoms with Crippen molar-refractivity contribution in [2.24, 2.45) is 5.92 Å². The molecule has 0 radical (unpaired) electrons. The Morgan fingerprint density at radius 3 is 1.37 bits per heavy atom. The molecule has 35 heavy (non-hydrogen) atoms. The van der Waals surface area contributed by atoms with Crippen molar-refractivity contribution in [2.45, 2.75) is 168 Å². The van der Waals surface area contributed by atoms with Gasteiger partial charge in [0.05, 0.1) is 6.61 Å². The summed E-state index contributed by atoms with van der Waals surface area (Å²) < 4.78 is 35.4. The van der Waals surface area contributed by atoms with Gasteiger partial charge in [0.15, 0.2) is 0 Å². The zero-order valence-corrected chi connectivity index (χ0v) is 24.3. The average Bonchev–Trinajstić information content (AvgIpc) is 2.82. The predicted octanol–water partition coefficient (Wildman–Crippen LogP) is 10.4. The summed E-state index contributed by atoms with van der Waals surface area (Å²) in [6.07, 6.45) is 35.6. The lowest BCUT2D eigenvalue weighted by Gasteiger charge is -2.12. The molecule has 4 nitrogen and oxygen atoms in total. The maximum atomic E-state index is 10.9. The van der Waals surface area contributed by atoms with Crippen molar-refractivity contribution in [1.29, 1.82) is 0 Å². The third kappa shape index (κ3) is 29.7. The highest BCUT2D eigenvalue weighted by Crippen LogP contribution is 2.17. The summed E-state index contributed by atoms with van der Waals surface area (Å²) in [5, 5.41) is 0. The second-order valence-corrected chi connectivity index (χ2v) is 11.6. The number of rotatable bonds is 28. The zero-order chi connectivity index (χ0) is 25.9. The summed E-state index contributed by atoms with van der Waals surface area (Å²) in [5.41, 5.74) is 0. The van der Waals surface area contributed by atoms with Gasteiger partial charge in [-0.3, -0.25) is 4.55 Å². The maximum Gasteiger partial charge on any atom is 0.397 e. The van der Waals surface area contributed by atoms with Crippen LogP contribution in [0.15, 0.2) is 12.2 Å². The average molecular weight is 517 g/mol. The molecular formula is C30H60O4S. The third-order valence-corrected chi connectivity index (χ3v) is 7.43. The van der Waals surface area contributed by atoms with Gasteiger partial charge in [0.1, 0.15) is 0 Å². The minimum atomic E-state index is -4.36. The summed E-state index contributed by atoms with van der Waals surface area (Å²) in [5.74, 6) is 0.0594. The van der Waals surface area contributed by atoms with Gasteiger partial charge in [0, 0.05) is 5.92 Å². The first-order valence-electron chi connectivity index (χ1n) is 15.3. The summed E-state index contributed by atoms with van der Waals surface area (Å²) in [7, 11) is -4.36. The van der Waals surface area contributed by atoms with E-state index in [-0.39, 0.29) is 12.5 Å². The molecule has 0 spiro atoms. The van der Waals surface area contributed by atoms with Crippen molar-refractivity contribution in [3.8, 4) is 0 Å². The minimum Gasteiger partial charge on any atom is -0.264 e. The normalized spacial score (nSPS) is 13.1. The molecule has 0 aliphatic rings. The Morgan fingerprint density at radius 1 is 0.600 bits per heavy atom. The summed E-state index contributed by atoms with van der Waals surface area (Å²) in [6.45, 7) is 4.54. The van der Waals surface area contributed by atoms with Crippen LogP contribution in [0.5, 0.6) is 0 Å². The molecule has 0 aliphatic heterocycles. The second kappa shape index (κ2) is 26.7. The van der Waals surface area contributed by atoms with E-state index in [4.69, 9.17) is 4.55 Å².